The van der Waals surface area contributed by atoms with Gasteiger partial charge in [0.05, 0.1) is 10.6 Å². The molecule has 0 saturated heterocycles. The van der Waals surface area contributed by atoms with Crippen LogP contribution in [0.3, 0.4) is 0 Å². The number of Topliss-reactive ketones (excluding diaryl/α,β-unsaturated/α-hetero) is 1. The lowest BCUT2D eigenvalue weighted by molar-refractivity contribution is 0.104. The third-order valence-electron chi connectivity index (χ3n) is 4.77. The molecule has 0 unspecified atom stereocenters. The van der Waals surface area contributed by atoms with Gasteiger partial charge in [-0.15, -0.1) is 0 Å². The quantitative estimate of drug-likeness (QED) is 0.485. The Morgan fingerprint density at radius 3 is 2.37 bits per heavy atom. The van der Waals surface area contributed by atoms with Crippen molar-refractivity contribution < 1.29 is 13.2 Å². The highest BCUT2D eigenvalue weighted by Gasteiger charge is 2.39. The van der Waals surface area contributed by atoms with Gasteiger partial charge < -0.3 is 0 Å². The Kier molecular flexibility index (Phi) is 5.80. The standard InChI is InChI=1S/C22H25NO3S/c1-3-4-5-6-7-12-21-22(24)19-10-8-9-11-20(19)23(21)27(25,26)18-15-13-17(2)14-16-18/h8-16H,3-7H2,1-2H3/b21-12+. The summed E-state index contributed by atoms with van der Waals surface area (Å²) in [6, 6.07) is 13.6. The second-order valence-corrected chi connectivity index (χ2v) is 8.65. The summed E-state index contributed by atoms with van der Waals surface area (Å²) in [5.41, 5.74) is 2.10. The molecule has 2 aromatic rings. The number of rotatable bonds is 7. The van der Waals surface area contributed by atoms with E-state index in [0.29, 0.717) is 17.7 Å². The minimum atomic E-state index is -3.85. The molecule has 2 aromatic carbocycles. The Labute approximate surface area is 161 Å². The largest absolute Gasteiger partial charge is 0.287 e. The molecule has 5 heteroatoms. The Morgan fingerprint density at radius 1 is 0.963 bits per heavy atom. The molecule has 0 atom stereocenters. The number of hydrogen-bond donors (Lipinski definition) is 0. The molecule has 0 spiro atoms. The summed E-state index contributed by atoms with van der Waals surface area (Å²) in [5.74, 6) is -0.225. The molecule has 0 saturated carbocycles. The first-order chi connectivity index (χ1) is 13.0. The molecule has 1 aliphatic rings. The van der Waals surface area contributed by atoms with Gasteiger partial charge in [-0.3, -0.25) is 4.79 Å². The summed E-state index contributed by atoms with van der Waals surface area (Å²) in [6.45, 7) is 4.05. The van der Waals surface area contributed by atoms with E-state index in [1.807, 2.05) is 6.92 Å². The number of ketones is 1. The van der Waals surface area contributed by atoms with Gasteiger partial charge in [0.2, 0.25) is 5.78 Å². The number of carbonyl (C=O) groups is 1. The first-order valence-electron chi connectivity index (χ1n) is 9.42. The van der Waals surface area contributed by atoms with Crippen molar-refractivity contribution in [1.82, 2.24) is 0 Å². The normalized spacial score (nSPS) is 15.4. The minimum Gasteiger partial charge on any atom is -0.287 e. The van der Waals surface area contributed by atoms with Gasteiger partial charge in [0.25, 0.3) is 10.0 Å². The third-order valence-corrected chi connectivity index (χ3v) is 6.52. The van der Waals surface area contributed by atoms with Crippen LogP contribution in [-0.4, -0.2) is 14.2 Å². The Hall–Kier alpha value is -2.40. The number of benzene rings is 2. The zero-order chi connectivity index (χ0) is 19.4. The first-order valence-corrected chi connectivity index (χ1v) is 10.9. The van der Waals surface area contributed by atoms with Crippen LogP contribution in [0.15, 0.2) is 65.2 Å². The fourth-order valence-electron chi connectivity index (χ4n) is 3.26. The molecule has 4 nitrogen and oxygen atoms in total. The number of anilines is 1. The van der Waals surface area contributed by atoms with E-state index in [-0.39, 0.29) is 16.4 Å². The molecule has 0 aliphatic carbocycles. The van der Waals surface area contributed by atoms with Crippen LogP contribution >= 0.6 is 0 Å². The molecule has 0 amide bonds. The van der Waals surface area contributed by atoms with Gasteiger partial charge in [-0.25, -0.2) is 12.7 Å². The predicted molar refractivity (Wildman–Crippen MR) is 108 cm³/mol. The van der Waals surface area contributed by atoms with E-state index in [2.05, 4.69) is 6.92 Å². The first kappa shape index (κ1) is 19.4. The molecular weight excluding hydrogens is 358 g/mol. The van der Waals surface area contributed by atoms with E-state index in [1.54, 1.807) is 54.6 Å². The summed E-state index contributed by atoms with van der Waals surface area (Å²) >= 11 is 0. The van der Waals surface area contributed by atoms with Gasteiger partial charge in [-0.2, -0.15) is 0 Å². The predicted octanol–water partition coefficient (Wildman–Crippen LogP) is 5.24. The fraction of sp³-hybridized carbons (Fsp3) is 0.318. The molecule has 0 N–H and O–H groups in total. The van der Waals surface area contributed by atoms with Gasteiger partial charge in [0.15, 0.2) is 0 Å². The second-order valence-electron chi connectivity index (χ2n) is 6.87. The van der Waals surface area contributed by atoms with Crippen molar-refractivity contribution in [3.8, 4) is 0 Å². The molecule has 0 fully saturated rings. The van der Waals surface area contributed by atoms with E-state index in [1.165, 1.54) is 4.31 Å². The lowest BCUT2D eigenvalue weighted by Gasteiger charge is -2.20. The molecule has 3 rings (SSSR count). The van der Waals surface area contributed by atoms with Crippen molar-refractivity contribution in [2.24, 2.45) is 0 Å². The Bertz CT molecular complexity index is 959. The molecule has 1 heterocycles. The summed E-state index contributed by atoms with van der Waals surface area (Å²) in [7, 11) is -3.85. The molecule has 142 valence electrons. The number of nitrogens with zero attached hydrogens (tertiary/aromatic N) is 1. The maximum atomic E-state index is 13.3. The van der Waals surface area contributed by atoms with Gasteiger partial charge in [0, 0.05) is 5.56 Å². The number of para-hydroxylation sites is 1. The van der Waals surface area contributed by atoms with Crippen molar-refractivity contribution in [2.75, 3.05) is 4.31 Å². The van der Waals surface area contributed by atoms with Crippen LogP contribution in [0.1, 0.15) is 54.9 Å². The fourth-order valence-corrected chi connectivity index (χ4v) is 4.79. The topological polar surface area (TPSA) is 54.5 Å². The van der Waals surface area contributed by atoms with Crippen LogP contribution in [0.2, 0.25) is 0 Å². The number of unbranched alkanes of at least 4 members (excludes halogenated alkanes) is 4. The van der Waals surface area contributed by atoms with E-state index in [4.69, 9.17) is 0 Å². The van der Waals surface area contributed by atoms with Gasteiger partial charge >= 0.3 is 0 Å². The van der Waals surface area contributed by atoms with E-state index in [0.717, 1.165) is 31.2 Å². The van der Waals surface area contributed by atoms with Crippen LogP contribution in [0, 0.1) is 6.92 Å². The van der Waals surface area contributed by atoms with Crippen LogP contribution in [0.5, 0.6) is 0 Å². The highest BCUT2D eigenvalue weighted by Crippen LogP contribution is 2.39. The molecule has 1 aliphatic heterocycles. The van der Waals surface area contributed by atoms with Crippen LogP contribution in [-0.2, 0) is 10.0 Å². The van der Waals surface area contributed by atoms with Crippen LogP contribution in [0.25, 0.3) is 0 Å². The van der Waals surface area contributed by atoms with Crippen molar-refractivity contribution in [1.29, 1.82) is 0 Å². The van der Waals surface area contributed by atoms with Crippen molar-refractivity contribution in [3.05, 3.63) is 71.4 Å². The average Bonchev–Trinajstić information content (AvgIpc) is 2.95. The highest BCUT2D eigenvalue weighted by molar-refractivity contribution is 7.93. The zero-order valence-corrected chi connectivity index (χ0v) is 16.6. The number of allylic oxidation sites excluding steroid dienone is 2. The number of hydrogen-bond acceptors (Lipinski definition) is 3. The smallest absolute Gasteiger partial charge is 0.268 e. The maximum absolute atomic E-state index is 13.3. The van der Waals surface area contributed by atoms with Crippen molar-refractivity contribution >= 4 is 21.5 Å². The lowest BCUT2D eigenvalue weighted by atomic mass is 10.1. The summed E-state index contributed by atoms with van der Waals surface area (Å²) < 4.78 is 27.9. The van der Waals surface area contributed by atoms with E-state index in [9.17, 15) is 13.2 Å². The van der Waals surface area contributed by atoms with Gasteiger partial charge in [-0.05, 0) is 44.0 Å². The van der Waals surface area contributed by atoms with E-state index < -0.39 is 10.0 Å². The summed E-state index contributed by atoms with van der Waals surface area (Å²) in [4.78, 5) is 13.1. The highest BCUT2D eigenvalue weighted by atomic mass is 32.2. The molecule has 0 bridgehead atoms. The number of fused-ring (bicyclic) bond motifs is 1. The van der Waals surface area contributed by atoms with Gasteiger partial charge in [-0.1, -0.05) is 62.1 Å². The second kappa shape index (κ2) is 8.09. The average molecular weight is 384 g/mol. The SMILES string of the molecule is CCCCCC/C=C1\C(=O)c2ccccc2N1S(=O)(=O)c1ccc(C)cc1. The number of aryl methyl sites for hydroxylation is 1. The molecule has 27 heavy (non-hydrogen) atoms. The van der Waals surface area contributed by atoms with Gasteiger partial charge in [0.1, 0.15) is 5.70 Å². The summed E-state index contributed by atoms with van der Waals surface area (Å²) in [6.07, 6.45) is 6.77. The Morgan fingerprint density at radius 2 is 1.67 bits per heavy atom. The van der Waals surface area contributed by atoms with Crippen molar-refractivity contribution in [3.63, 3.8) is 0 Å². The Balaban J connectivity index is 2.01. The monoisotopic (exact) mass is 383 g/mol. The lowest BCUT2D eigenvalue weighted by Crippen LogP contribution is -2.29. The zero-order valence-electron chi connectivity index (χ0n) is 15.8. The van der Waals surface area contributed by atoms with Crippen molar-refractivity contribution in [2.45, 2.75) is 50.8 Å². The summed E-state index contributed by atoms with van der Waals surface area (Å²) in [5, 5.41) is 0. The molecule has 0 radical (unpaired) electrons. The van der Waals surface area contributed by atoms with Crippen LogP contribution < -0.4 is 4.31 Å². The maximum Gasteiger partial charge on any atom is 0.268 e. The molecule has 0 aromatic heterocycles. The number of sulfonamides is 1. The van der Waals surface area contributed by atoms with Crippen LogP contribution in [0.4, 0.5) is 5.69 Å². The number of carbonyl (C=O) groups excluding carboxylic acids is 1. The molecular formula is C22H25NO3S. The minimum absolute atomic E-state index is 0.189. The van der Waals surface area contributed by atoms with E-state index >= 15 is 0 Å². The third kappa shape index (κ3) is 3.83.